The zero-order valence-electron chi connectivity index (χ0n) is 19.6. The van der Waals surface area contributed by atoms with Gasteiger partial charge in [-0.25, -0.2) is 14.2 Å². The zero-order valence-corrected chi connectivity index (χ0v) is 19.6. The van der Waals surface area contributed by atoms with Crippen LogP contribution in [-0.4, -0.2) is 62.4 Å². The summed E-state index contributed by atoms with van der Waals surface area (Å²) in [6.07, 6.45) is 5.90. The average Bonchev–Trinajstić information content (AvgIpc) is 3.34. The molecular formula is C24H30N6O5. The second-order valence-corrected chi connectivity index (χ2v) is 9.15. The van der Waals surface area contributed by atoms with Crippen LogP contribution in [0, 0.1) is 5.92 Å². The summed E-state index contributed by atoms with van der Waals surface area (Å²) in [5.41, 5.74) is 0.858. The van der Waals surface area contributed by atoms with E-state index in [1.807, 2.05) is 12.1 Å². The van der Waals surface area contributed by atoms with Crippen molar-refractivity contribution in [1.82, 2.24) is 29.5 Å². The van der Waals surface area contributed by atoms with E-state index in [0.29, 0.717) is 49.8 Å². The Labute approximate surface area is 202 Å². The third-order valence-corrected chi connectivity index (χ3v) is 6.76. The van der Waals surface area contributed by atoms with Crippen LogP contribution < -0.4 is 11.0 Å². The minimum absolute atomic E-state index is 0.0679. The Morgan fingerprint density at radius 3 is 2.49 bits per heavy atom. The fraction of sp³-hybridized carbons (Fsp3) is 0.542. The summed E-state index contributed by atoms with van der Waals surface area (Å²) in [7, 11) is 0. The molecule has 2 fully saturated rings. The van der Waals surface area contributed by atoms with Gasteiger partial charge in [0, 0.05) is 32.8 Å². The summed E-state index contributed by atoms with van der Waals surface area (Å²) in [5.74, 6) is 0.129. The number of nitrogens with zero attached hydrogens (tertiary/aromatic N) is 5. The summed E-state index contributed by atoms with van der Waals surface area (Å²) < 4.78 is 13.4. The van der Waals surface area contributed by atoms with Gasteiger partial charge < -0.3 is 19.5 Å². The Hall–Kier alpha value is -3.47. The monoisotopic (exact) mass is 482 g/mol. The lowest BCUT2D eigenvalue weighted by Crippen LogP contribution is -2.37. The van der Waals surface area contributed by atoms with Crippen LogP contribution in [0.3, 0.4) is 0 Å². The third kappa shape index (κ3) is 5.00. The number of para-hydroxylation sites is 2. The van der Waals surface area contributed by atoms with Gasteiger partial charge in [0.1, 0.15) is 0 Å². The van der Waals surface area contributed by atoms with Crippen molar-refractivity contribution in [2.45, 2.75) is 51.6 Å². The summed E-state index contributed by atoms with van der Waals surface area (Å²) >= 11 is 0. The van der Waals surface area contributed by atoms with Crippen LogP contribution in [0.15, 0.2) is 33.6 Å². The molecule has 1 N–H and O–H groups in total. The normalized spacial score (nSPS) is 17.4. The molecule has 35 heavy (non-hydrogen) atoms. The highest BCUT2D eigenvalue weighted by atomic mass is 16.5. The molecule has 3 aromatic rings. The molecule has 2 amide bonds. The molecule has 1 aromatic carbocycles. The first-order valence-electron chi connectivity index (χ1n) is 12.3. The fourth-order valence-corrected chi connectivity index (χ4v) is 4.82. The quantitative estimate of drug-likeness (QED) is 0.592. The van der Waals surface area contributed by atoms with Gasteiger partial charge in [0.05, 0.1) is 17.6 Å². The van der Waals surface area contributed by atoms with E-state index in [2.05, 4.69) is 15.5 Å². The predicted molar refractivity (Wildman–Crippen MR) is 126 cm³/mol. The van der Waals surface area contributed by atoms with Gasteiger partial charge >= 0.3 is 23.5 Å². The Kier molecular flexibility index (Phi) is 6.94. The van der Waals surface area contributed by atoms with E-state index in [1.165, 1.54) is 0 Å². The molecule has 0 bridgehead atoms. The number of rotatable bonds is 5. The van der Waals surface area contributed by atoms with Crippen molar-refractivity contribution < 1.29 is 18.8 Å². The Morgan fingerprint density at radius 1 is 1.03 bits per heavy atom. The maximum atomic E-state index is 13.2. The van der Waals surface area contributed by atoms with Crippen molar-refractivity contribution in [2.24, 2.45) is 5.92 Å². The molecule has 186 valence electrons. The van der Waals surface area contributed by atoms with Gasteiger partial charge in [-0.15, -0.1) is 0 Å². The van der Waals surface area contributed by atoms with E-state index in [1.54, 1.807) is 21.6 Å². The van der Waals surface area contributed by atoms with Gasteiger partial charge in [-0.05, 0) is 43.7 Å². The summed E-state index contributed by atoms with van der Waals surface area (Å²) in [5, 5.41) is 6.52. The highest BCUT2D eigenvalue weighted by molar-refractivity contribution is 5.90. The molecular weight excluding hydrogens is 452 g/mol. The van der Waals surface area contributed by atoms with Crippen molar-refractivity contribution in [3.8, 4) is 0 Å². The Morgan fingerprint density at radius 2 is 1.74 bits per heavy atom. The first kappa shape index (κ1) is 23.3. The molecule has 11 heteroatoms. The highest BCUT2D eigenvalue weighted by Gasteiger charge is 2.25. The van der Waals surface area contributed by atoms with E-state index < -0.39 is 6.03 Å². The molecule has 0 unspecified atom stereocenters. The number of carbonyl (C=O) groups is 2. The predicted octanol–water partition coefficient (Wildman–Crippen LogP) is 2.39. The smallest absolute Gasteiger partial charge is 0.337 e. The lowest BCUT2D eigenvalue weighted by Gasteiger charge is -2.22. The molecule has 2 aliphatic heterocycles. The largest absolute Gasteiger partial charge is 0.381 e. The number of amides is 2. The number of benzene rings is 1. The number of fused-ring (bicyclic) bond motifs is 1. The molecule has 2 aromatic heterocycles. The topological polar surface area (TPSA) is 124 Å². The fourth-order valence-electron chi connectivity index (χ4n) is 4.82. The van der Waals surface area contributed by atoms with Gasteiger partial charge in [0.15, 0.2) is 5.82 Å². The van der Waals surface area contributed by atoms with Crippen LogP contribution >= 0.6 is 0 Å². The van der Waals surface area contributed by atoms with Crippen molar-refractivity contribution >= 4 is 23.0 Å². The van der Waals surface area contributed by atoms with E-state index in [-0.39, 0.29) is 29.9 Å². The van der Waals surface area contributed by atoms with Crippen LogP contribution in [-0.2, 0) is 17.8 Å². The number of hydrogen-bond donors (Lipinski definition) is 1. The Bertz CT molecular complexity index is 1250. The van der Waals surface area contributed by atoms with Gasteiger partial charge in [-0.1, -0.05) is 30.1 Å². The van der Waals surface area contributed by atoms with Crippen LogP contribution in [0.1, 0.15) is 55.0 Å². The van der Waals surface area contributed by atoms with Gasteiger partial charge in [0.2, 0.25) is 0 Å². The second kappa shape index (κ2) is 10.4. The zero-order chi connectivity index (χ0) is 24.2. The minimum atomic E-state index is -0.581. The van der Waals surface area contributed by atoms with E-state index in [0.717, 1.165) is 43.1 Å². The highest BCUT2D eigenvalue weighted by Crippen LogP contribution is 2.20. The van der Waals surface area contributed by atoms with Crippen molar-refractivity contribution in [3.63, 3.8) is 0 Å². The van der Waals surface area contributed by atoms with Crippen molar-refractivity contribution in [3.05, 3.63) is 46.5 Å². The molecule has 4 heterocycles. The number of carbonyl (C=O) groups excluding carboxylic acids is 2. The van der Waals surface area contributed by atoms with Crippen molar-refractivity contribution in [2.75, 3.05) is 26.3 Å². The first-order valence-corrected chi connectivity index (χ1v) is 12.3. The summed E-state index contributed by atoms with van der Waals surface area (Å²) in [6, 6.07) is 6.67. The summed E-state index contributed by atoms with van der Waals surface area (Å²) in [4.78, 5) is 44.8. The third-order valence-electron chi connectivity index (χ3n) is 6.76. The SMILES string of the molecule is O=C(c1nc(CNC(=O)n2c(=O)n(CC3CCOCC3)c3ccccc32)no1)N1CCCCCC1. The maximum absolute atomic E-state index is 13.2. The number of nitrogens with one attached hydrogen (secondary N) is 1. The molecule has 5 rings (SSSR count). The standard InChI is InChI=1S/C24H30N6O5/c31-22(28-11-5-1-2-6-12-28)21-26-20(27-35-21)15-25-23(32)30-19-8-4-3-7-18(19)29(24(30)33)16-17-9-13-34-14-10-17/h3-4,7-8,17H,1-2,5-6,9-16H2,(H,25,32). The van der Waals surface area contributed by atoms with E-state index in [4.69, 9.17) is 9.26 Å². The van der Waals surface area contributed by atoms with Gasteiger partial charge in [0.25, 0.3) is 0 Å². The van der Waals surface area contributed by atoms with Gasteiger partial charge in [-0.3, -0.25) is 9.36 Å². The molecule has 0 aliphatic carbocycles. The molecule has 11 nitrogen and oxygen atoms in total. The van der Waals surface area contributed by atoms with Crippen molar-refractivity contribution in [1.29, 1.82) is 0 Å². The van der Waals surface area contributed by atoms with Crippen LogP contribution in [0.25, 0.3) is 11.0 Å². The molecule has 0 radical (unpaired) electrons. The number of aromatic nitrogens is 4. The number of hydrogen-bond acceptors (Lipinski definition) is 7. The van der Waals surface area contributed by atoms with Crippen LogP contribution in [0.5, 0.6) is 0 Å². The number of likely N-dealkylation sites (tertiary alicyclic amines) is 1. The van der Waals surface area contributed by atoms with Crippen LogP contribution in [0.2, 0.25) is 0 Å². The molecule has 2 saturated heterocycles. The average molecular weight is 483 g/mol. The molecule has 0 spiro atoms. The number of ether oxygens (including phenoxy) is 1. The first-order chi connectivity index (χ1) is 17.1. The molecule has 0 atom stereocenters. The molecule has 2 aliphatic rings. The maximum Gasteiger partial charge on any atom is 0.337 e. The summed E-state index contributed by atoms with van der Waals surface area (Å²) in [6.45, 7) is 3.19. The second-order valence-electron chi connectivity index (χ2n) is 9.15. The minimum Gasteiger partial charge on any atom is -0.381 e. The Balaban J connectivity index is 1.29. The lowest BCUT2D eigenvalue weighted by atomic mass is 10.0. The van der Waals surface area contributed by atoms with Gasteiger partial charge in [-0.2, -0.15) is 4.98 Å². The van der Waals surface area contributed by atoms with E-state index >= 15 is 0 Å². The van der Waals surface area contributed by atoms with E-state index in [9.17, 15) is 14.4 Å². The number of imidazole rings is 1. The molecule has 0 saturated carbocycles. The van der Waals surface area contributed by atoms with Crippen LogP contribution in [0.4, 0.5) is 4.79 Å². The lowest BCUT2D eigenvalue weighted by molar-refractivity contribution is 0.0613.